The zero-order valence-corrected chi connectivity index (χ0v) is 11.1. The summed E-state index contributed by atoms with van der Waals surface area (Å²) in [5.41, 5.74) is -0.241. The van der Waals surface area contributed by atoms with Crippen LogP contribution in [0.25, 0.3) is 10.6 Å². The molecule has 0 saturated carbocycles. The van der Waals surface area contributed by atoms with Crippen LogP contribution in [0.1, 0.15) is 23.9 Å². The van der Waals surface area contributed by atoms with Gasteiger partial charge in [-0.05, 0) is 19.0 Å². The normalized spacial score (nSPS) is 12.0. The van der Waals surface area contributed by atoms with Crippen LogP contribution < -0.4 is 5.32 Å². The quantitative estimate of drug-likeness (QED) is 0.848. The molecule has 2 aromatic heterocycles. The van der Waals surface area contributed by atoms with Gasteiger partial charge in [-0.25, -0.2) is 4.98 Å². The van der Waals surface area contributed by atoms with Gasteiger partial charge in [0.25, 0.3) is 0 Å². The third-order valence-electron chi connectivity index (χ3n) is 2.45. The van der Waals surface area contributed by atoms with E-state index in [4.69, 9.17) is 4.42 Å². The van der Waals surface area contributed by atoms with E-state index in [0.717, 1.165) is 17.8 Å². The van der Waals surface area contributed by atoms with Crippen LogP contribution in [-0.2, 0) is 12.7 Å². The maximum atomic E-state index is 12.9. The average molecular weight is 290 g/mol. The Balaban J connectivity index is 2.29. The predicted molar refractivity (Wildman–Crippen MR) is 66.8 cm³/mol. The van der Waals surface area contributed by atoms with Gasteiger partial charge in [-0.15, -0.1) is 11.3 Å². The van der Waals surface area contributed by atoms with E-state index in [9.17, 15) is 13.2 Å². The van der Waals surface area contributed by atoms with E-state index in [0.29, 0.717) is 17.1 Å². The molecule has 7 heteroatoms. The van der Waals surface area contributed by atoms with E-state index in [1.165, 1.54) is 12.5 Å². The Kier molecular flexibility index (Phi) is 4.26. The summed E-state index contributed by atoms with van der Waals surface area (Å²) in [7, 11) is 0. The van der Waals surface area contributed by atoms with Crippen LogP contribution in [0.15, 0.2) is 23.0 Å². The summed E-state index contributed by atoms with van der Waals surface area (Å²) in [4.78, 5) is 3.90. The molecule has 19 heavy (non-hydrogen) atoms. The van der Waals surface area contributed by atoms with Gasteiger partial charge in [0.05, 0.1) is 11.1 Å². The summed E-state index contributed by atoms with van der Waals surface area (Å²) in [5.74, 6) is 0. The predicted octanol–water partition coefficient (Wildman–Crippen LogP) is 3.92. The number of rotatable bonds is 5. The molecule has 0 aliphatic rings. The lowest BCUT2D eigenvalue weighted by atomic mass is 10.3. The Morgan fingerprint density at radius 1 is 1.42 bits per heavy atom. The number of hydrogen-bond donors (Lipinski definition) is 1. The van der Waals surface area contributed by atoms with Crippen molar-refractivity contribution < 1.29 is 17.6 Å². The highest BCUT2D eigenvalue weighted by Crippen LogP contribution is 2.37. The van der Waals surface area contributed by atoms with Gasteiger partial charge in [0.2, 0.25) is 0 Å². The zero-order chi connectivity index (χ0) is 13.9. The van der Waals surface area contributed by atoms with Gasteiger partial charge >= 0.3 is 6.18 Å². The molecule has 0 radical (unpaired) electrons. The van der Waals surface area contributed by atoms with Crippen LogP contribution in [0.4, 0.5) is 13.2 Å². The molecule has 0 aromatic carbocycles. The van der Waals surface area contributed by atoms with Crippen LogP contribution in [0.5, 0.6) is 0 Å². The van der Waals surface area contributed by atoms with E-state index < -0.39 is 11.9 Å². The minimum absolute atomic E-state index is 0.179. The minimum Gasteiger partial charge on any atom is -0.472 e. The third kappa shape index (κ3) is 3.36. The molecule has 0 fully saturated rings. The number of nitrogens with zero attached hydrogens (tertiary/aromatic N) is 1. The van der Waals surface area contributed by atoms with Crippen molar-refractivity contribution in [1.29, 1.82) is 0 Å². The average Bonchev–Trinajstić information content (AvgIpc) is 2.96. The van der Waals surface area contributed by atoms with Gasteiger partial charge in [-0.1, -0.05) is 6.92 Å². The zero-order valence-electron chi connectivity index (χ0n) is 10.3. The summed E-state index contributed by atoms with van der Waals surface area (Å²) in [5, 5.41) is 3.30. The molecule has 0 unspecified atom stereocenters. The largest absolute Gasteiger partial charge is 0.472 e. The Bertz CT molecular complexity index is 520. The minimum atomic E-state index is -4.43. The van der Waals surface area contributed by atoms with Crippen LogP contribution in [0.3, 0.4) is 0 Å². The van der Waals surface area contributed by atoms with E-state index in [1.54, 1.807) is 6.07 Å². The lowest BCUT2D eigenvalue weighted by molar-refractivity contribution is -0.141. The van der Waals surface area contributed by atoms with E-state index >= 15 is 0 Å². The highest BCUT2D eigenvalue weighted by molar-refractivity contribution is 7.15. The Hall–Kier alpha value is -1.34. The number of hydrogen-bond acceptors (Lipinski definition) is 4. The van der Waals surface area contributed by atoms with E-state index in [2.05, 4.69) is 10.3 Å². The first-order chi connectivity index (χ1) is 9.02. The molecule has 0 bridgehead atoms. The standard InChI is InChI=1S/C12H13F3N2OS/c1-2-4-16-6-9-10(12(13,14)15)17-11(19-9)8-3-5-18-7-8/h3,5,7,16H,2,4,6H2,1H3. The van der Waals surface area contributed by atoms with Crippen LogP contribution in [0.2, 0.25) is 0 Å². The van der Waals surface area contributed by atoms with Crippen molar-refractivity contribution in [2.45, 2.75) is 26.1 Å². The summed E-state index contributed by atoms with van der Waals surface area (Å²) in [6.07, 6.45) is -0.752. The van der Waals surface area contributed by atoms with Gasteiger partial charge in [-0.3, -0.25) is 0 Å². The topological polar surface area (TPSA) is 38.1 Å². The first kappa shape index (κ1) is 14.1. The number of alkyl halides is 3. The molecule has 2 aromatic rings. The SMILES string of the molecule is CCCNCc1sc(-c2ccoc2)nc1C(F)(F)F. The van der Waals surface area contributed by atoms with Crippen molar-refractivity contribution >= 4 is 11.3 Å². The highest BCUT2D eigenvalue weighted by atomic mass is 32.1. The second-order valence-electron chi connectivity index (χ2n) is 3.98. The second kappa shape index (κ2) is 5.75. The molecule has 1 N–H and O–H groups in total. The molecule has 3 nitrogen and oxygen atoms in total. The van der Waals surface area contributed by atoms with Crippen molar-refractivity contribution in [2.75, 3.05) is 6.54 Å². The lowest BCUT2D eigenvalue weighted by Crippen LogP contribution is -2.17. The molecule has 0 saturated heterocycles. The fourth-order valence-corrected chi connectivity index (χ4v) is 2.62. The summed E-state index contributed by atoms with van der Waals surface area (Å²) >= 11 is 1.04. The maximum Gasteiger partial charge on any atom is 0.434 e. The number of nitrogens with one attached hydrogen (secondary N) is 1. The Morgan fingerprint density at radius 2 is 2.21 bits per heavy atom. The number of halogens is 3. The van der Waals surface area contributed by atoms with Gasteiger partial charge in [0.1, 0.15) is 11.3 Å². The lowest BCUT2D eigenvalue weighted by Gasteiger charge is -2.06. The number of aromatic nitrogens is 1. The smallest absolute Gasteiger partial charge is 0.434 e. The van der Waals surface area contributed by atoms with Gasteiger partial charge in [0.15, 0.2) is 5.69 Å². The Labute approximate surface area is 112 Å². The van der Waals surface area contributed by atoms with Crippen molar-refractivity contribution in [3.63, 3.8) is 0 Å². The van der Waals surface area contributed by atoms with Gasteiger partial charge in [-0.2, -0.15) is 13.2 Å². The van der Waals surface area contributed by atoms with Gasteiger partial charge < -0.3 is 9.73 Å². The molecule has 0 amide bonds. The fraction of sp³-hybridized carbons (Fsp3) is 0.417. The summed E-state index contributed by atoms with van der Waals surface area (Å²) < 4.78 is 43.6. The van der Waals surface area contributed by atoms with Crippen LogP contribution in [-0.4, -0.2) is 11.5 Å². The third-order valence-corrected chi connectivity index (χ3v) is 3.55. The van der Waals surface area contributed by atoms with Gasteiger partial charge in [0, 0.05) is 12.1 Å². The van der Waals surface area contributed by atoms with E-state index in [-0.39, 0.29) is 11.4 Å². The summed E-state index contributed by atoms with van der Waals surface area (Å²) in [6.45, 7) is 2.82. The van der Waals surface area contributed by atoms with Crippen molar-refractivity contribution in [1.82, 2.24) is 10.3 Å². The van der Waals surface area contributed by atoms with Crippen molar-refractivity contribution in [3.05, 3.63) is 29.2 Å². The Morgan fingerprint density at radius 3 is 2.79 bits per heavy atom. The monoisotopic (exact) mass is 290 g/mol. The molecular formula is C12H13F3N2OS. The first-order valence-corrected chi connectivity index (χ1v) is 6.64. The molecule has 0 spiro atoms. The highest BCUT2D eigenvalue weighted by Gasteiger charge is 2.37. The first-order valence-electron chi connectivity index (χ1n) is 5.82. The van der Waals surface area contributed by atoms with E-state index in [1.807, 2.05) is 6.92 Å². The van der Waals surface area contributed by atoms with Crippen molar-refractivity contribution in [3.8, 4) is 10.6 Å². The fourth-order valence-electron chi connectivity index (χ4n) is 1.58. The molecular weight excluding hydrogens is 277 g/mol. The van der Waals surface area contributed by atoms with Crippen LogP contribution in [0, 0.1) is 0 Å². The summed E-state index contributed by atoms with van der Waals surface area (Å²) in [6, 6.07) is 1.60. The molecule has 2 heterocycles. The molecule has 0 atom stereocenters. The van der Waals surface area contributed by atoms with Crippen molar-refractivity contribution in [2.24, 2.45) is 0 Å². The molecule has 2 rings (SSSR count). The van der Waals surface area contributed by atoms with Crippen LogP contribution >= 0.6 is 11.3 Å². The number of furan rings is 1. The maximum absolute atomic E-state index is 12.9. The molecule has 0 aliphatic carbocycles. The molecule has 104 valence electrons. The number of thiazole rings is 1. The second-order valence-corrected chi connectivity index (χ2v) is 5.06. The molecule has 0 aliphatic heterocycles.